The minimum absolute atomic E-state index is 0.144. The van der Waals surface area contributed by atoms with Gasteiger partial charge in [-0.05, 0) is 12.5 Å². The van der Waals surface area contributed by atoms with Gasteiger partial charge in [-0.15, -0.1) is 0 Å². The lowest BCUT2D eigenvalue weighted by molar-refractivity contribution is -0.384. The van der Waals surface area contributed by atoms with Crippen LogP contribution in [0.15, 0.2) is 24.3 Å². The van der Waals surface area contributed by atoms with Crippen LogP contribution in [0.3, 0.4) is 0 Å². The highest BCUT2D eigenvalue weighted by Crippen LogP contribution is 2.19. The second-order valence-electron chi connectivity index (χ2n) is 3.20. The molecular weight excluding hydrogens is 180 g/mol. The zero-order valence-electron chi connectivity index (χ0n) is 8.43. The predicted octanol–water partition coefficient (Wildman–Crippen LogP) is 2.44. The molecule has 0 aliphatic rings. The van der Waals surface area contributed by atoms with E-state index in [-0.39, 0.29) is 10.6 Å². The van der Waals surface area contributed by atoms with Gasteiger partial charge >= 0.3 is 0 Å². The van der Waals surface area contributed by atoms with Gasteiger partial charge in [-0.2, -0.15) is 0 Å². The van der Waals surface area contributed by atoms with Gasteiger partial charge in [-0.3, -0.25) is 10.1 Å². The van der Waals surface area contributed by atoms with Crippen molar-refractivity contribution in [1.82, 2.24) is 0 Å². The second-order valence-corrected chi connectivity index (χ2v) is 3.20. The van der Waals surface area contributed by atoms with Gasteiger partial charge in [0, 0.05) is 31.4 Å². The molecular formula is C10H14N2O2. The van der Waals surface area contributed by atoms with Crippen molar-refractivity contribution in [3.63, 3.8) is 0 Å². The van der Waals surface area contributed by atoms with Gasteiger partial charge in [-0.25, -0.2) is 0 Å². The molecule has 0 aliphatic carbocycles. The van der Waals surface area contributed by atoms with Crippen LogP contribution in [0.5, 0.6) is 0 Å². The Hall–Kier alpha value is -1.58. The first-order valence-electron chi connectivity index (χ1n) is 4.60. The summed E-state index contributed by atoms with van der Waals surface area (Å²) in [5, 5.41) is 10.5. The number of benzene rings is 1. The van der Waals surface area contributed by atoms with Crippen LogP contribution in [-0.2, 0) is 0 Å². The molecule has 0 unspecified atom stereocenters. The van der Waals surface area contributed by atoms with Crippen LogP contribution in [0, 0.1) is 10.1 Å². The highest BCUT2D eigenvalue weighted by atomic mass is 16.6. The molecule has 0 N–H and O–H groups in total. The molecule has 0 spiro atoms. The minimum Gasteiger partial charge on any atom is -0.374 e. The zero-order chi connectivity index (χ0) is 10.6. The summed E-state index contributed by atoms with van der Waals surface area (Å²) in [5.41, 5.74) is 1.03. The van der Waals surface area contributed by atoms with E-state index in [9.17, 15) is 10.1 Å². The zero-order valence-corrected chi connectivity index (χ0v) is 8.43. The van der Waals surface area contributed by atoms with Crippen molar-refractivity contribution >= 4 is 11.4 Å². The Labute approximate surface area is 83.3 Å². The monoisotopic (exact) mass is 194 g/mol. The first-order valence-corrected chi connectivity index (χ1v) is 4.60. The fourth-order valence-electron chi connectivity index (χ4n) is 1.31. The Morgan fingerprint density at radius 2 is 2.21 bits per heavy atom. The third-order valence-corrected chi connectivity index (χ3v) is 2.04. The van der Waals surface area contributed by atoms with Gasteiger partial charge in [-0.1, -0.05) is 13.0 Å². The van der Waals surface area contributed by atoms with E-state index in [0.29, 0.717) is 0 Å². The molecule has 0 heterocycles. The molecule has 0 atom stereocenters. The van der Waals surface area contributed by atoms with Gasteiger partial charge in [0.25, 0.3) is 5.69 Å². The van der Waals surface area contributed by atoms with Crippen molar-refractivity contribution in [2.45, 2.75) is 13.3 Å². The summed E-state index contributed by atoms with van der Waals surface area (Å²) >= 11 is 0. The molecule has 1 aromatic rings. The van der Waals surface area contributed by atoms with Crippen molar-refractivity contribution in [2.75, 3.05) is 18.5 Å². The summed E-state index contributed by atoms with van der Waals surface area (Å²) in [5.74, 6) is 0. The molecule has 0 saturated carbocycles. The molecule has 1 rings (SSSR count). The van der Waals surface area contributed by atoms with E-state index in [1.54, 1.807) is 12.1 Å². The van der Waals surface area contributed by atoms with Crippen LogP contribution in [0.1, 0.15) is 13.3 Å². The first kappa shape index (κ1) is 10.5. The normalized spacial score (nSPS) is 9.86. The van der Waals surface area contributed by atoms with E-state index < -0.39 is 0 Å². The summed E-state index contributed by atoms with van der Waals surface area (Å²) in [6.07, 6.45) is 1.03. The molecule has 0 bridgehead atoms. The summed E-state index contributed by atoms with van der Waals surface area (Å²) in [4.78, 5) is 12.2. The summed E-state index contributed by atoms with van der Waals surface area (Å²) in [6, 6.07) is 6.68. The second kappa shape index (κ2) is 4.60. The van der Waals surface area contributed by atoms with Crippen LogP contribution >= 0.6 is 0 Å². The average Bonchev–Trinajstić information content (AvgIpc) is 2.18. The third-order valence-electron chi connectivity index (χ3n) is 2.04. The first-order chi connectivity index (χ1) is 6.65. The van der Waals surface area contributed by atoms with Crippen molar-refractivity contribution in [3.8, 4) is 0 Å². The number of hydrogen-bond acceptors (Lipinski definition) is 3. The molecule has 4 nitrogen and oxygen atoms in total. The molecule has 0 aliphatic heterocycles. The van der Waals surface area contributed by atoms with Gasteiger partial charge < -0.3 is 4.90 Å². The summed E-state index contributed by atoms with van der Waals surface area (Å²) in [7, 11) is 1.93. The molecule has 0 aromatic heterocycles. The Bertz CT molecular complexity index is 326. The standard InChI is InChI=1S/C10H14N2O2/c1-3-7-11(2)9-5-4-6-10(8-9)12(13)14/h4-6,8H,3,7H2,1-2H3. The Kier molecular flexibility index (Phi) is 3.45. The van der Waals surface area contributed by atoms with Crippen LogP contribution in [0.4, 0.5) is 11.4 Å². The van der Waals surface area contributed by atoms with E-state index in [4.69, 9.17) is 0 Å². The number of nitro groups is 1. The van der Waals surface area contributed by atoms with Crippen LogP contribution in [0.2, 0.25) is 0 Å². The number of nitrogens with zero attached hydrogens (tertiary/aromatic N) is 2. The van der Waals surface area contributed by atoms with E-state index in [1.165, 1.54) is 6.07 Å². The van der Waals surface area contributed by atoms with Crippen LogP contribution in [0.25, 0.3) is 0 Å². The number of nitro benzene ring substituents is 1. The van der Waals surface area contributed by atoms with Crippen LogP contribution in [-0.4, -0.2) is 18.5 Å². The maximum absolute atomic E-state index is 10.5. The lowest BCUT2D eigenvalue weighted by Gasteiger charge is -2.17. The predicted molar refractivity (Wildman–Crippen MR) is 56.7 cm³/mol. The van der Waals surface area contributed by atoms with E-state index in [0.717, 1.165) is 18.7 Å². The van der Waals surface area contributed by atoms with Gasteiger partial charge in [0.1, 0.15) is 0 Å². The largest absolute Gasteiger partial charge is 0.374 e. The average molecular weight is 194 g/mol. The van der Waals surface area contributed by atoms with Crippen molar-refractivity contribution in [2.24, 2.45) is 0 Å². The van der Waals surface area contributed by atoms with Gasteiger partial charge in [0.2, 0.25) is 0 Å². The highest BCUT2D eigenvalue weighted by molar-refractivity contribution is 5.52. The maximum atomic E-state index is 10.5. The van der Waals surface area contributed by atoms with E-state index in [1.807, 2.05) is 18.0 Å². The fourth-order valence-corrected chi connectivity index (χ4v) is 1.31. The highest BCUT2D eigenvalue weighted by Gasteiger charge is 2.07. The minimum atomic E-state index is -0.372. The molecule has 0 radical (unpaired) electrons. The lowest BCUT2D eigenvalue weighted by atomic mass is 10.2. The number of anilines is 1. The van der Waals surface area contributed by atoms with Crippen molar-refractivity contribution in [3.05, 3.63) is 34.4 Å². The van der Waals surface area contributed by atoms with Gasteiger partial charge in [0.05, 0.1) is 4.92 Å². The number of rotatable bonds is 4. The number of non-ortho nitro benzene ring substituents is 1. The van der Waals surface area contributed by atoms with Crippen LogP contribution < -0.4 is 4.90 Å². The molecule has 0 amide bonds. The third kappa shape index (κ3) is 2.45. The summed E-state index contributed by atoms with van der Waals surface area (Å²) < 4.78 is 0. The maximum Gasteiger partial charge on any atom is 0.271 e. The smallest absolute Gasteiger partial charge is 0.271 e. The molecule has 14 heavy (non-hydrogen) atoms. The van der Waals surface area contributed by atoms with Gasteiger partial charge in [0.15, 0.2) is 0 Å². The Morgan fingerprint density at radius 3 is 2.79 bits per heavy atom. The molecule has 76 valence electrons. The quantitative estimate of drug-likeness (QED) is 0.546. The van der Waals surface area contributed by atoms with E-state index >= 15 is 0 Å². The Morgan fingerprint density at radius 1 is 1.50 bits per heavy atom. The molecule has 0 saturated heterocycles. The topological polar surface area (TPSA) is 46.4 Å². The summed E-state index contributed by atoms with van der Waals surface area (Å²) in [6.45, 7) is 2.98. The molecule has 4 heteroatoms. The van der Waals surface area contributed by atoms with Crippen molar-refractivity contribution in [1.29, 1.82) is 0 Å². The van der Waals surface area contributed by atoms with Crippen molar-refractivity contribution < 1.29 is 4.92 Å². The Balaban J connectivity index is 2.87. The molecule has 0 fully saturated rings. The number of hydrogen-bond donors (Lipinski definition) is 0. The fraction of sp³-hybridized carbons (Fsp3) is 0.400. The van der Waals surface area contributed by atoms with E-state index in [2.05, 4.69) is 6.92 Å². The molecule has 1 aromatic carbocycles. The SMILES string of the molecule is CCCN(C)c1cccc([N+](=O)[O-])c1. The lowest BCUT2D eigenvalue weighted by Crippen LogP contribution is -2.17.